The average Bonchev–Trinajstić information content (AvgIpc) is 2.93. The lowest BCUT2D eigenvalue weighted by Crippen LogP contribution is -2.45. The monoisotopic (exact) mass is 521 g/mol. The minimum Gasteiger partial charge on any atom is -0.371 e. The van der Waals surface area contributed by atoms with Crippen molar-refractivity contribution in [3.63, 3.8) is 0 Å². The van der Waals surface area contributed by atoms with Gasteiger partial charge in [-0.3, -0.25) is 9.59 Å². The lowest BCUT2D eigenvalue weighted by Gasteiger charge is -2.35. The van der Waals surface area contributed by atoms with Crippen LogP contribution in [0.4, 0.5) is 18.9 Å². The molecular weight excluding hydrogens is 491 g/mol. The van der Waals surface area contributed by atoms with Gasteiger partial charge in [-0.05, 0) is 79.6 Å². The molecule has 1 aliphatic carbocycles. The van der Waals surface area contributed by atoms with Crippen molar-refractivity contribution in [3.05, 3.63) is 101 Å². The zero-order valence-corrected chi connectivity index (χ0v) is 20.9. The van der Waals surface area contributed by atoms with Crippen LogP contribution in [0.2, 0.25) is 0 Å². The van der Waals surface area contributed by atoms with Gasteiger partial charge < -0.3 is 15.5 Å². The van der Waals surface area contributed by atoms with E-state index < -0.39 is 11.7 Å². The smallest absolute Gasteiger partial charge is 0.371 e. The molecule has 0 spiro atoms. The summed E-state index contributed by atoms with van der Waals surface area (Å²) in [6, 6.07) is 20.0. The van der Waals surface area contributed by atoms with Crippen LogP contribution in [0, 0.1) is 0 Å². The minimum absolute atomic E-state index is 0.00773. The second-order valence-corrected chi connectivity index (χ2v) is 9.94. The SMILES string of the molecule is O=C(NC1CCN(c2ccccc2C(=O)NC2CCCc3ccccc32)CC1)c1ccc(C(F)(F)F)cc1. The Bertz CT molecular complexity index is 1300. The maximum atomic E-state index is 13.4. The summed E-state index contributed by atoms with van der Waals surface area (Å²) in [4.78, 5) is 28.1. The minimum atomic E-state index is -4.43. The number of amides is 2. The van der Waals surface area contributed by atoms with Crippen LogP contribution in [0.15, 0.2) is 72.8 Å². The molecular formula is C30H30F3N3O2. The highest BCUT2D eigenvalue weighted by molar-refractivity contribution is 6.00. The third-order valence-electron chi connectivity index (χ3n) is 7.47. The van der Waals surface area contributed by atoms with Gasteiger partial charge in [0.2, 0.25) is 0 Å². The normalized spacial score (nSPS) is 18.0. The van der Waals surface area contributed by atoms with Gasteiger partial charge in [0.1, 0.15) is 0 Å². The van der Waals surface area contributed by atoms with Crippen molar-refractivity contribution < 1.29 is 22.8 Å². The molecule has 1 aliphatic heterocycles. The van der Waals surface area contributed by atoms with Gasteiger partial charge in [-0.15, -0.1) is 0 Å². The van der Waals surface area contributed by atoms with Crippen molar-refractivity contribution in [2.24, 2.45) is 0 Å². The standard InChI is InChI=1S/C30H30F3N3O2/c31-30(32,33)22-14-12-21(13-15-22)28(37)34-23-16-18-36(19-17-23)27-11-4-3-9-25(27)29(38)35-26-10-5-7-20-6-1-2-8-24(20)26/h1-4,6,8-9,11-15,23,26H,5,7,10,16-19H2,(H,34,37)(H,35,38). The maximum absolute atomic E-state index is 13.4. The van der Waals surface area contributed by atoms with E-state index in [0.717, 1.165) is 37.1 Å². The van der Waals surface area contributed by atoms with E-state index >= 15 is 0 Å². The van der Waals surface area contributed by atoms with Crippen molar-refractivity contribution in [1.82, 2.24) is 10.6 Å². The Hall–Kier alpha value is -3.81. The molecule has 198 valence electrons. The van der Waals surface area contributed by atoms with E-state index in [1.165, 1.54) is 23.3 Å². The highest BCUT2D eigenvalue weighted by Crippen LogP contribution is 2.31. The molecule has 3 aromatic carbocycles. The maximum Gasteiger partial charge on any atom is 0.416 e. The molecule has 2 N–H and O–H groups in total. The predicted octanol–water partition coefficient (Wildman–Crippen LogP) is 5.91. The van der Waals surface area contributed by atoms with Crippen LogP contribution in [0.5, 0.6) is 0 Å². The third-order valence-corrected chi connectivity index (χ3v) is 7.47. The van der Waals surface area contributed by atoms with Crippen LogP contribution >= 0.6 is 0 Å². The van der Waals surface area contributed by atoms with Crippen LogP contribution in [-0.4, -0.2) is 30.9 Å². The summed E-state index contributed by atoms with van der Waals surface area (Å²) in [6.45, 7) is 1.29. The van der Waals surface area contributed by atoms with E-state index in [1.54, 1.807) is 0 Å². The zero-order valence-electron chi connectivity index (χ0n) is 20.9. The number of hydrogen-bond acceptors (Lipinski definition) is 3. The van der Waals surface area contributed by atoms with Crippen molar-refractivity contribution in [1.29, 1.82) is 0 Å². The first-order valence-corrected chi connectivity index (χ1v) is 13.0. The molecule has 1 heterocycles. The number of para-hydroxylation sites is 1. The van der Waals surface area contributed by atoms with Crippen LogP contribution in [-0.2, 0) is 12.6 Å². The molecule has 0 bridgehead atoms. The van der Waals surface area contributed by atoms with Crippen molar-refractivity contribution >= 4 is 17.5 Å². The molecule has 1 fully saturated rings. The van der Waals surface area contributed by atoms with Crippen LogP contribution < -0.4 is 15.5 Å². The van der Waals surface area contributed by atoms with Gasteiger partial charge in [-0.25, -0.2) is 0 Å². The lowest BCUT2D eigenvalue weighted by molar-refractivity contribution is -0.137. The van der Waals surface area contributed by atoms with Crippen LogP contribution in [0.3, 0.4) is 0 Å². The first-order valence-electron chi connectivity index (χ1n) is 13.0. The third kappa shape index (κ3) is 5.69. The molecule has 0 saturated carbocycles. The van der Waals surface area contributed by atoms with Gasteiger partial charge in [0.05, 0.1) is 17.2 Å². The number of anilines is 1. The quantitative estimate of drug-likeness (QED) is 0.439. The predicted molar refractivity (Wildman–Crippen MR) is 140 cm³/mol. The zero-order chi connectivity index (χ0) is 26.7. The summed E-state index contributed by atoms with van der Waals surface area (Å²) in [5.74, 6) is -0.482. The largest absolute Gasteiger partial charge is 0.416 e. The van der Waals surface area contributed by atoms with Gasteiger partial charge in [0.15, 0.2) is 0 Å². The second kappa shape index (κ2) is 10.9. The Labute approximate surface area is 220 Å². The van der Waals surface area contributed by atoms with E-state index in [1.807, 2.05) is 36.4 Å². The Morgan fingerprint density at radius 3 is 2.21 bits per heavy atom. The van der Waals surface area contributed by atoms with Crippen molar-refractivity contribution in [2.45, 2.75) is 50.4 Å². The number of alkyl halides is 3. The van der Waals surface area contributed by atoms with Gasteiger partial charge in [0, 0.05) is 30.4 Å². The summed E-state index contributed by atoms with van der Waals surface area (Å²) in [6.07, 6.45) is -0.125. The number of carbonyl (C=O) groups is 2. The number of piperidine rings is 1. The number of hydrogen-bond donors (Lipinski definition) is 2. The Kier molecular flexibility index (Phi) is 7.40. The highest BCUT2D eigenvalue weighted by Gasteiger charge is 2.31. The molecule has 5 nitrogen and oxygen atoms in total. The second-order valence-electron chi connectivity index (χ2n) is 9.94. The molecule has 1 atom stereocenters. The number of rotatable bonds is 5. The molecule has 2 aliphatic rings. The number of halogens is 3. The fraction of sp³-hybridized carbons (Fsp3) is 0.333. The summed E-state index contributed by atoms with van der Waals surface area (Å²) in [7, 11) is 0. The van der Waals surface area contributed by atoms with Gasteiger partial charge in [-0.2, -0.15) is 13.2 Å². The van der Waals surface area contributed by atoms with Crippen LogP contribution in [0.25, 0.3) is 0 Å². The molecule has 8 heteroatoms. The number of nitrogens with zero attached hydrogens (tertiary/aromatic N) is 1. The lowest BCUT2D eigenvalue weighted by atomic mass is 9.87. The van der Waals surface area contributed by atoms with E-state index in [2.05, 4.69) is 27.7 Å². The number of fused-ring (bicyclic) bond motifs is 1. The number of benzene rings is 3. The molecule has 0 radical (unpaired) electrons. The average molecular weight is 522 g/mol. The van der Waals surface area contributed by atoms with E-state index in [0.29, 0.717) is 31.5 Å². The fourth-order valence-corrected chi connectivity index (χ4v) is 5.43. The van der Waals surface area contributed by atoms with E-state index in [9.17, 15) is 22.8 Å². The molecule has 1 unspecified atom stereocenters. The summed E-state index contributed by atoms with van der Waals surface area (Å²) in [5.41, 5.74) is 3.39. The first-order chi connectivity index (χ1) is 18.3. The van der Waals surface area contributed by atoms with Crippen molar-refractivity contribution in [3.8, 4) is 0 Å². The van der Waals surface area contributed by atoms with Gasteiger partial charge >= 0.3 is 6.18 Å². The molecule has 1 saturated heterocycles. The topological polar surface area (TPSA) is 61.4 Å². The van der Waals surface area contributed by atoms with E-state index in [4.69, 9.17) is 0 Å². The van der Waals surface area contributed by atoms with Gasteiger partial charge in [0.25, 0.3) is 11.8 Å². The van der Waals surface area contributed by atoms with Gasteiger partial charge in [-0.1, -0.05) is 36.4 Å². The molecule has 38 heavy (non-hydrogen) atoms. The van der Waals surface area contributed by atoms with Crippen LogP contribution in [0.1, 0.15) is 69.1 Å². The highest BCUT2D eigenvalue weighted by atomic mass is 19.4. The summed E-state index contributed by atoms with van der Waals surface area (Å²) >= 11 is 0. The molecule has 2 amide bonds. The summed E-state index contributed by atoms with van der Waals surface area (Å²) in [5, 5.41) is 6.18. The number of aryl methyl sites for hydroxylation is 1. The number of nitrogens with one attached hydrogen (secondary N) is 2. The van der Waals surface area contributed by atoms with Crippen molar-refractivity contribution in [2.75, 3.05) is 18.0 Å². The Balaban J connectivity index is 1.20. The molecule has 5 rings (SSSR count). The molecule has 0 aromatic heterocycles. The number of carbonyl (C=O) groups excluding carboxylic acids is 2. The Morgan fingerprint density at radius 1 is 0.789 bits per heavy atom. The molecule has 3 aromatic rings. The summed E-state index contributed by atoms with van der Waals surface area (Å²) < 4.78 is 38.4. The first kappa shape index (κ1) is 25.8. The Morgan fingerprint density at radius 2 is 1.47 bits per heavy atom. The van der Waals surface area contributed by atoms with E-state index in [-0.39, 0.29) is 29.5 Å². The fourth-order valence-electron chi connectivity index (χ4n) is 5.43.